The Morgan fingerprint density at radius 2 is 2.00 bits per heavy atom. The number of hydrogen-bond acceptors (Lipinski definition) is 1. The van der Waals surface area contributed by atoms with Crippen molar-refractivity contribution >= 4 is 0 Å². The van der Waals surface area contributed by atoms with E-state index in [1.165, 1.54) is 0 Å². The molecule has 0 aliphatic rings. The quantitative estimate of drug-likeness (QED) is 0.715. The number of unbranched alkanes of at least 4 members (excludes halogenated alkanes) is 1. The van der Waals surface area contributed by atoms with Crippen molar-refractivity contribution in [2.75, 3.05) is 6.61 Å². The van der Waals surface area contributed by atoms with Gasteiger partial charge >= 0.3 is 0 Å². The molecule has 0 fully saturated rings. The summed E-state index contributed by atoms with van der Waals surface area (Å²) in [4.78, 5) is 0. The molecule has 0 rings (SSSR count). The van der Waals surface area contributed by atoms with E-state index >= 15 is 0 Å². The zero-order valence-corrected chi connectivity index (χ0v) is 6.94. The SMILES string of the molecule is [CH2-]CCCO.[Ta]. The van der Waals surface area contributed by atoms with Crippen LogP contribution >= 0.6 is 0 Å². The zero-order chi connectivity index (χ0) is 4.12. The fourth-order valence-electron chi connectivity index (χ4n) is 0.112. The van der Waals surface area contributed by atoms with E-state index in [0.29, 0.717) is 0 Å². The largest absolute Gasteiger partial charge is 0.396 e. The summed E-state index contributed by atoms with van der Waals surface area (Å²) in [5, 5.41) is 8.03. The van der Waals surface area contributed by atoms with Crippen LogP contribution in [0.1, 0.15) is 12.8 Å². The molecule has 0 aromatic carbocycles. The van der Waals surface area contributed by atoms with Gasteiger partial charge < -0.3 is 12.0 Å². The second kappa shape index (κ2) is 9.20. The van der Waals surface area contributed by atoms with Crippen molar-refractivity contribution in [1.29, 1.82) is 0 Å². The molecule has 0 aliphatic heterocycles. The minimum absolute atomic E-state index is 0. The Balaban J connectivity index is 0. The summed E-state index contributed by atoms with van der Waals surface area (Å²) in [6, 6.07) is 0. The van der Waals surface area contributed by atoms with Crippen molar-refractivity contribution < 1.29 is 27.5 Å². The van der Waals surface area contributed by atoms with Gasteiger partial charge in [0.2, 0.25) is 0 Å². The Morgan fingerprint density at radius 1 is 1.50 bits per heavy atom. The third-order valence-corrected chi connectivity index (χ3v) is 0.408. The van der Waals surface area contributed by atoms with Crippen LogP contribution in [0.25, 0.3) is 0 Å². The van der Waals surface area contributed by atoms with Gasteiger partial charge in [-0.1, -0.05) is 6.42 Å². The van der Waals surface area contributed by atoms with Gasteiger partial charge in [0.25, 0.3) is 0 Å². The van der Waals surface area contributed by atoms with Crippen molar-refractivity contribution in [3.63, 3.8) is 0 Å². The fourth-order valence-corrected chi connectivity index (χ4v) is 0.112. The van der Waals surface area contributed by atoms with Gasteiger partial charge in [0.15, 0.2) is 0 Å². The van der Waals surface area contributed by atoms with E-state index in [2.05, 4.69) is 6.92 Å². The molecule has 0 aliphatic carbocycles. The van der Waals surface area contributed by atoms with Crippen molar-refractivity contribution in [1.82, 2.24) is 0 Å². The second-order valence-corrected chi connectivity index (χ2v) is 0.931. The van der Waals surface area contributed by atoms with Crippen LogP contribution in [0, 0.1) is 6.92 Å². The fraction of sp³-hybridized carbons (Fsp3) is 0.750. The molecule has 0 bridgehead atoms. The molecule has 1 N–H and O–H groups in total. The average Bonchev–Trinajstić information content (AvgIpc) is 1.41. The molecule has 0 heterocycles. The summed E-state index contributed by atoms with van der Waals surface area (Å²) < 4.78 is 0. The van der Waals surface area contributed by atoms with Gasteiger partial charge in [0, 0.05) is 29.0 Å². The van der Waals surface area contributed by atoms with E-state index in [9.17, 15) is 0 Å². The van der Waals surface area contributed by atoms with Gasteiger partial charge in [0.1, 0.15) is 0 Å². The summed E-state index contributed by atoms with van der Waals surface area (Å²) in [7, 11) is 0. The van der Waals surface area contributed by atoms with Crippen LogP contribution < -0.4 is 0 Å². The van der Waals surface area contributed by atoms with Crippen LogP contribution in [0.5, 0.6) is 0 Å². The van der Waals surface area contributed by atoms with E-state index in [4.69, 9.17) is 5.11 Å². The first-order valence-electron chi connectivity index (χ1n) is 1.82. The molecule has 0 saturated carbocycles. The number of aliphatic hydroxyl groups is 1. The van der Waals surface area contributed by atoms with Crippen LogP contribution in [0.4, 0.5) is 0 Å². The molecule has 0 atom stereocenters. The van der Waals surface area contributed by atoms with Crippen LogP contribution in [-0.4, -0.2) is 11.7 Å². The summed E-state index contributed by atoms with van der Waals surface area (Å²) in [6.45, 7) is 3.80. The van der Waals surface area contributed by atoms with Crippen molar-refractivity contribution in [3.8, 4) is 0 Å². The summed E-state index contributed by atoms with van der Waals surface area (Å²) in [5.74, 6) is 0. The van der Waals surface area contributed by atoms with Crippen LogP contribution in [-0.2, 0) is 22.4 Å². The molecule has 2 heteroatoms. The first-order chi connectivity index (χ1) is 2.41. The zero-order valence-electron chi connectivity index (χ0n) is 3.72. The molecule has 1 radical (unpaired) electrons. The molecule has 6 heavy (non-hydrogen) atoms. The topological polar surface area (TPSA) is 20.2 Å². The third kappa shape index (κ3) is 8.83. The molecule has 0 amide bonds. The van der Waals surface area contributed by atoms with E-state index in [0.717, 1.165) is 12.8 Å². The van der Waals surface area contributed by atoms with Gasteiger partial charge in [-0.3, -0.25) is 0 Å². The predicted octanol–water partition coefficient (Wildman–Crippen LogP) is 0.590. The molecular weight excluding hydrogens is 245 g/mol. The molecule has 0 aromatic heterocycles. The first kappa shape index (κ1) is 9.85. The minimum Gasteiger partial charge on any atom is -0.396 e. The monoisotopic (exact) mass is 254 g/mol. The molecule has 0 saturated heterocycles. The Bertz CT molecular complexity index is 15.0. The Kier molecular flexibility index (Phi) is 15.1. The van der Waals surface area contributed by atoms with Crippen molar-refractivity contribution in [3.05, 3.63) is 6.92 Å². The number of aliphatic hydroxyl groups excluding tert-OH is 1. The maximum Gasteiger partial charge on any atom is 0.0406 e. The molecule has 37 valence electrons. The summed E-state index contributed by atoms with van der Waals surface area (Å²) in [6.07, 6.45) is 1.68. The smallest absolute Gasteiger partial charge is 0.0406 e. The number of hydrogen-bond donors (Lipinski definition) is 1. The van der Waals surface area contributed by atoms with Crippen LogP contribution in [0.15, 0.2) is 0 Å². The number of rotatable bonds is 2. The Labute approximate surface area is 54.3 Å². The van der Waals surface area contributed by atoms with E-state index < -0.39 is 0 Å². The summed E-state index contributed by atoms with van der Waals surface area (Å²) in [5.41, 5.74) is 0. The minimum atomic E-state index is 0. The van der Waals surface area contributed by atoms with Crippen molar-refractivity contribution in [2.45, 2.75) is 12.8 Å². The van der Waals surface area contributed by atoms with Gasteiger partial charge in [-0.05, 0) is 0 Å². The molecule has 0 unspecified atom stereocenters. The van der Waals surface area contributed by atoms with Gasteiger partial charge in [-0.2, -0.15) is 6.42 Å². The standard InChI is InChI=1S/C4H9O.Ta/c1-2-3-4-5;/h5H,1-4H2;/q-1;. The van der Waals surface area contributed by atoms with Gasteiger partial charge in [-0.15, -0.1) is 0 Å². The van der Waals surface area contributed by atoms with Gasteiger partial charge in [0.05, 0.1) is 0 Å². The summed E-state index contributed by atoms with van der Waals surface area (Å²) >= 11 is 0. The molecular formula is C4H9OTa-. The van der Waals surface area contributed by atoms with Crippen molar-refractivity contribution in [2.24, 2.45) is 0 Å². The van der Waals surface area contributed by atoms with E-state index in [1.807, 2.05) is 0 Å². The Hall–Kier alpha value is 0.700. The predicted molar refractivity (Wildman–Crippen MR) is 21.7 cm³/mol. The molecule has 0 spiro atoms. The van der Waals surface area contributed by atoms with E-state index in [-0.39, 0.29) is 29.0 Å². The van der Waals surface area contributed by atoms with E-state index in [1.54, 1.807) is 0 Å². The Morgan fingerprint density at radius 3 is 2.00 bits per heavy atom. The first-order valence-corrected chi connectivity index (χ1v) is 1.82. The average molecular weight is 254 g/mol. The maximum atomic E-state index is 8.03. The molecule has 1 nitrogen and oxygen atoms in total. The second-order valence-electron chi connectivity index (χ2n) is 0.931. The third-order valence-electron chi connectivity index (χ3n) is 0.408. The van der Waals surface area contributed by atoms with Crippen LogP contribution in [0.3, 0.4) is 0 Å². The van der Waals surface area contributed by atoms with Gasteiger partial charge in [-0.25, -0.2) is 0 Å². The van der Waals surface area contributed by atoms with Crippen LogP contribution in [0.2, 0.25) is 0 Å². The molecule has 0 aromatic rings. The maximum absolute atomic E-state index is 8.03. The normalized spacial score (nSPS) is 7.00.